The lowest BCUT2D eigenvalue weighted by molar-refractivity contribution is -0.282. The van der Waals surface area contributed by atoms with Gasteiger partial charge in [0.05, 0.1) is 27.8 Å². The van der Waals surface area contributed by atoms with E-state index < -0.39 is 181 Å². The number of carbonyl (C=O) groups is 5. The Morgan fingerprint density at radius 1 is 0.343 bits per heavy atom. The van der Waals surface area contributed by atoms with E-state index in [1.54, 1.807) is 0 Å². The Labute approximate surface area is 370 Å². The smallest absolute Gasteiger partial charge is 0.340 e. The van der Waals surface area contributed by atoms with E-state index in [9.17, 15) is 101 Å². The first-order valence-corrected chi connectivity index (χ1v) is 18.4. The molecule has 1 fully saturated rings. The SMILES string of the molecule is O=C(OCC1O[C@@H](OC(=O)c2cc(O)c(O)c(O)c2)C(OC(=O)c2cc(O)c(O)c(O)c2)[C@@H](OC(=O)c2cc(O)c(O)c(O)c2)[C@@H]1OC(=O)c1cc(O)c(O)c(O)c1)c1cc(O)c(O)c(O)c1. The number of phenols is 15. The maximum atomic E-state index is 13.9. The maximum absolute atomic E-state index is 13.9. The highest BCUT2D eigenvalue weighted by Gasteiger charge is 2.55. The van der Waals surface area contributed by atoms with Crippen LogP contribution in [0.3, 0.4) is 0 Å². The van der Waals surface area contributed by atoms with Gasteiger partial charge in [-0.15, -0.1) is 0 Å². The number of hydrogen-bond donors (Lipinski definition) is 15. The fourth-order valence-electron chi connectivity index (χ4n) is 6.11. The van der Waals surface area contributed by atoms with E-state index in [0.29, 0.717) is 60.7 Å². The van der Waals surface area contributed by atoms with Gasteiger partial charge in [-0.2, -0.15) is 0 Å². The molecule has 5 atom stereocenters. The van der Waals surface area contributed by atoms with E-state index >= 15 is 0 Å². The highest BCUT2D eigenvalue weighted by Crippen LogP contribution is 2.41. The van der Waals surface area contributed by atoms with Crippen molar-refractivity contribution in [1.29, 1.82) is 0 Å². The summed E-state index contributed by atoms with van der Waals surface area (Å²) in [7, 11) is 0. The zero-order valence-corrected chi connectivity index (χ0v) is 33.1. The van der Waals surface area contributed by atoms with Gasteiger partial charge in [0.15, 0.2) is 98.5 Å². The van der Waals surface area contributed by atoms with Gasteiger partial charge in [-0.1, -0.05) is 0 Å². The Kier molecular flexibility index (Phi) is 12.8. The molecule has 6 rings (SSSR count). The van der Waals surface area contributed by atoms with Crippen molar-refractivity contribution in [3.8, 4) is 86.2 Å². The predicted molar refractivity (Wildman–Crippen MR) is 209 cm³/mol. The summed E-state index contributed by atoms with van der Waals surface area (Å²) < 4.78 is 33.2. The molecule has 0 saturated carbocycles. The zero-order chi connectivity index (χ0) is 49.3. The monoisotopic (exact) mass is 940 g/mol. The zero-order valence-electron chi connectivity index (χ0n) is 33.1. The second-order valence-corrected chi connectivity index (χ2v) is 14.0. The number of carbonyl (C=O) groups excluding carboxylic acids is 5. The third-order valence-corrected chi connectivity index (χ3v) is 9.45. The first-order chi connectivity index (χ1) is 31.4. The van der Waals surface area contributed by atoms with Crippen molar-refractivity contribution < 1.29 is 129 Å². The molecule has 0 bridgehead atoms. The number of ether oxygens (including phenoxy) is 6. The molecule has 5 aromatic rings. The molecule has 0 amide bonds. The highest BCUT2D eigenvalue weighted by atomic mass is 16.7. The van der Waals surface area contributed by atoms with Crippen molar-refractivity contribution in [2.45, 2.75) is 30.7 Å². The van der Waals surface area contributed by atoms with Crippen molar-refractivity contribution in [3.05, 3.63) is 88.5 Å². The van der Waals surface area contributed by atoms with E-state index in [4.69, 9.17) is 28.4 Å². The fourth-order valence-corrected chi connectivity index (χ4v) is 6.11. The van der Waals surface area contributed by atoms with Crippen LogP contribution in [-0.4, -0.2) is 144 Å². The third kappa shape index (κ3) is 9.67. The molecule has 67 heavy (non-hydrogen) atoms. The topological polar surface area (TPSA) is 444 Å². The number of benzene rings is 5. The van der Waals surface area contributed by atoms with Crippen LogP contribution < -0.4 is 0 Å². The highest BCUT2D eigenvalue weighted by molar-refractivity contribution is 5.94. The number of aromatic hydroxyl groups is 15. The van der Waals surface area contributed by atoms with Crippen LogP contribution in [0, 0.1) is 0 Å². The van der Waals surface area contributed by atoms with E-state index in [1.165, 1.54) is 0 Å². The number of rotatable bonds is 11. The third-order valence-electron chi connectivity index (χ3n) is 9.45. The molecular weight excluding hydrogens is 908 g/mol. The first kappa shape index (κ1) is 46.9. The molecule has 0 spiro atoms. The summed E-state index contributed by atoms with van der Waals surface area (Å²) in [4.78, 5) is 68.5. The molecule has 0 aliphatic carbocycles. The Bertz CT molecular complexity index is 2720. The predicted octanol–water partition coefficient (Wildman–Crippen LogP) is 1.69. The average Bonchev–Trinajstić information content (AvgIpc) is 3.27. The van der Waals surface area contributed by atoms with Crippen LogP contribution in [0.4, 0.5) is 0 Å². The van der Waals surface area contributed by atoms with Gasteiger partial charge in [0.1, 0.15) is 12.7 Å². The average molecular weight is 941 g/mol. The first-order valence-electron chi connectivity index (χ1n) is 18.4. The quantitative estimate of drug-likeness (QED) is 0.0509. The second kappa shape index (κ2) is 18.3. The lowest BCUT2D eigenvalue weighted by atomic mass is 9.97. The van der Waals surface area contributed by atoms with Crippen LogP contribution in [0.25, 0.3) is 0 Å². The maximum Gasteiger partial charge on any atom is 0.340 e. The molecule has 2 unspecified atom stereocenters. The second-order valence-electron chi connectivity index (χ2n) is 14.0. The molecule has 1 aliphatic rings. The molecule has 26 nitrogen and oxygen atoms in total. The molecule has 5 aromatic carbocycles. The number of esters is 5. The molecule has 15 N–H and O–H groups in total. The molecule has 352 valence electrons. The van der Waals surface area contributed by atoms with E-state index in [2.05, 4.69) is 0 Å². The molecule has 1 aliphatic heterocycles. The Balaban J connectivity index is 1.52. The lowest BCUT2D eigenvalue weighted by Crippen LogP contribution is -2.63. The summed E-state index contributed by atoms with van der Waals surface area (Å²) in [6.07, 6.45) is -12.2. The summed E-state index contributed by atoms with van der Waals surface area (Å²) in [6, 6.07) is 5.60. The van der Waals surface area contributed by atoms with Gasteiger partial charge in [0.2, 0.25) is 12.4 Å². The molecule has 0 aromatic heterocycles. The van der Waals surface area contributed by atoms with Crippen LogP contribution in [0.15, 0.2) is 60.7 Å². The van der Waals surface area contributed by atoms with Crippen molar-refractivity contribution in [1.82, 2.24) is 0 Å². The van der Waals surface area contributed by atoms with E-state index in [1.807, 2.05) is 0 Å². The fraction of sp³-hybridized carbons (Fsp3) is 0.146. The van der Waals surface area contributed by atoms with Gasteiger partial charge in [-0.05, 0) is 60.7 Å². The summed E-state index contributed by atoms with van der Waals surface area (Å²) in [6.45, 7) is -1.25. The Hall–Kier alpha value is -9.59. The summed E-state index contributed by atoms with van der Waals surface area (Å²) in [5, 5.41) is 150. The number of phenolic OH excluding ortho intramolecular Hbond substituents is 15. The van der Waals surface area contributed by atoms with Crippen LogP contribution in [0.2, 0.25) is 0 Å². The van der Waals surface area contributed by atoms with Crippen LogP contribution in [-0.2, 0) is 28.4 Å². The van der Waals surface area contributed by atoms with Gasteiger partial charge < -0.3 is 105 Å². The van der Waals surface area contributed by atoms with Crippen LogP contribution >= 0.6 is 0 Å². The van der Waals surface area contributed by atoms with Gasteiger partial charge in [0, 0.05) is 0 Å². The van der Waals surface area contributed by atoms with Gasteiger partial charge in [-0.25, -0.2) is 24.0 Å². The van der Waals surface area contributed by atoms with Gasteiger partial charge in [-0.3, -0.25) is 0 Å². The van der Waals surface area contributed by atoms with Crippen LogP contribution in [0.5, 0.6) is 86.2 Å². The van der Waals surface area contributed by atoms with Crippen molar-refractivity contribution in [2.24, 2.45) is 0 Å². The largest absolute Gasteiger partial charge is 0.504 e. The number of hydrogen-bond acceptors (Lipinski definition) is 26. The minimum atomic E-state index is -2.56. The van der Waals surface area contributed by atoms with E-state index in [-0.39, 0.29) is 0 Å². The van der Waals surface area contributed by atoms with Crippen LogP contribution in [0.1, 0.15) is 51.8 Å². The van der Waals surface area contributed by atoms with Crippen molar-refractivity contribution >= 4 is 29.8 Å². The van der Waals surface area contributed by atoms with Gasteiger partial charge >= 0.3 is 29.8 Å². The molecule has 0 radical (unpaired) electrons. The Morgan fingerprint density at radius 3 is 0.881 bits per heavy atom. The summed E-state index contributed by atoms with van der Waals surface area (Å²) in [5.41, 5.74) is -3.88. The van der Waals surface area contributed by atoms with Crippen molar-refractivity contribution in [3.63, 3.8) is 0 Å². The molecule has 1 heterocycles. The summed E-state index contributed by atoms with van der Waals surface area (Å²) >= 11 is 0. The Morgan fingerprint density at radius 2 is 0.582 bits per heavy atom. The van der Waals surface area contributed by atoms with E-state index in [0.717, 1.165) is 0 Å². The summed E-state index contributed by atoms with van der Waals surface area (Å²) in [5.74, 6) is -24.5. The van der Waals surface area contributed by atoms with Gasteiger partial charge in [0.25, 0.3) is 0 Å². The standard InChI is InChI=1S/C41H32O26/c42-17-1-12(2-18(43)28(17)52)36(57)62-11-27-33(64-37(58)13-3-19(44)29(53)20(45)4-13)34(65-38(59)14-5-21(46)30(54)22(47)6-14)35(66-39(60)15-7-23(48)31(55)24(49)8-15)41(63-27)67-40(61)16-9-25(50)32(56)26(51)10-16/h1-10,27,33-35,41-56H,11H2/t27?,33-,34+,35?,41+/m1/s1. The molecule has 1 saturated heterocycles. The normalized spacial score (nSPS) is 17.7. The lowest BCUT2D eigenvalue weighted by Gasteiger charge is -2.43. The molecule has 26 heteroatoms. The minimum absolute atomic E-state index is 0.534. The minimum Gasteiger partial charge on any atom is -0.504 e. The molecular formula is C41H32O26. The van der Waals surface area contributed by atoms with Crippen molar-refractivity contribution in [2.75, 3.05) is 6.61 Å².